The van der Waals surface area contributed by atoms with Crippen molar-refractivity contribution in [2.75, 3.05) is 27.2 Å². The molecule has 1 aliphatic rings. The summed E-state index contributed by atoms with van der Waals surface area (Å²) in [6.07, 6.45) is 0. The first-order valence-electron chi connectivity index (χ1n) is 5.30. The summed E-state index contributed by atoms with van der Waals surface area (Å²) in [5.74, 6) is 0.584. The van der Waals surface area contributed by atoms with Crippen LogP contribution in [0.3, 0.4) is 0 Å². The molecule has 0 aliphatic carbocycles. The molecule has 1 unspecified atom stereocenters. The largest absolute Gasteiger partial charge is 0.312 e. The van der Waals surface area contributed by atoms with Crippen molar-refractivity contribution in [3.05, 3.63) is 34.3 Å². The molecule has 2 rings (SSSR count). The summed E-state index contributed by atoms with van der Waals surface area (Å²) in [6.45, 7) is 3.09. The average molecular weight is 225 g/mol. The van der Waals surface area contributed by atoms with Crippen molar-refractivity contribution in [3.8, 4) is 0 Å². The zero-order valence-corrected chi connectivity index (χ0v) is 10.0. The Morgan fingerprint density at radius 1 is 1.47 bits per heavy atom. The van der Waals surface area contributed by atoms with Crippen molar-refractivity contribution in [1.29, 1.82) is 0 Å². The number of hydrogen-bond donors (Lipinski definition) is 1. The Kier molecular flexibility index (Phi) is 3.29. The van der Waals surface area contributed by atoms with E-state index in [4.69, 9.17) is 11.6 Å². The van der Waals surface area contributed by atoms with Crippen molar-refractivity contribution in [3.63, 3.8) is 0 Å². The average Bonchev–Trinajstić information content (AvgIpc) is 2.16. The minimum absolute atomic E-state index is 0.584. The third-order valence-electron chi connectivity index (χ3n) is 2.84. The van der Waals surface area contributed by atoms with Crippen LogP contribution in [0.5, 0.6) is 0 Å². The highest BCUT2D eigenvalue weighted by Gasteiger charge is 2.20. The van der Waals surface area contributed by atoms with E-state index in [9.17, 15) is 0 Å². The van der Waals surface area contributed by atoms with Crippen LogP contribution in [-0.4, -0.2) is 32.1 Å². The molecule has 0 aromatic heterocycles. The van der Waals surface area contributed by atoms with Crippen molar-refractivity contribution in [1.82, 2.24) is 10.2 Å². The van der Waals surface area contributed by atoms with E-state index in [1.807, 2.05) is 6.07 Å². The van der Waals surface area contributed by atoms with Crippen LogP contribution in [0, 0.1) is 0 Å². The Morgan fingerprint density at radius 2 is 2.27 bits per heavy atom. The molecule has 0 saturated carbocycles. The van der Waals surface area contributed by atoms with Gasteiger partial charge in [-0.1, -0.05) is 17.7 Å². The molecule has 0 radical (unpaired) electrons. The number of nitrogens with one attached hydrogen (secondary N) is 1. The lowest BCUT2D eigenvalue weighted by Crippen LogP contribution is -2.34. The molecule has 15 heavy (non-hydrogen) atoms. The van der Waals surface area contributed by atoms with Crippen LogP contribution < -0.4 is 5.32 Å². The van der Waals surface area contributed by atoms with Gasteiger partial charge >= 0.3 is 0 Å². The molecule has 0 fully saturated rings. The summed E-state index contributed by atoms with van der Waals surface area (Å²) < 4.78 is 0. The van der Waals surface area contributed by atoms with Crippen LogP contribution in [0.1, 0.15) is 17.0 Å². The molecule has 1 heterocycles. The van der Waals surface area contributed by atoms with Gasteiger partial charge in [0, 0.05) is 30.6 Å². The van der Waals surface area contributed by atoms with Gasteiger partial charge in [0.15, 0.2) is 0 Å². The van der Waals surface area contributed by atoms with Gasteiger partial charge in [-0.15, -0.1) is 0 Å². The van der Waals surface area contributed by atoms with Gasteiger partial charge in [-0.05, 0) is 37.4 Å². The number of fused-ring (bicyclic) bond motifs is 1. The van der Waals surface area contributed by atoms with Crippen molar-refractivity contribution in [2.45, 2.75) is 12.5 Å². The second-order valence-corrected chi connectivity index (χ2v) is 4.87. The highest BCUT2D eigenvalue weighted by atomic mass is 35.5. The first-order chi connectivity index (χ1) is 7.16. The fourth-order valence-corrected chi connectivity index (χ4v) is 2.42. The minimum Gasteiger partial charge on any atom is -0.312 e. The Bertz CT molecular complexity index is 349. The molecular formula is C12H17ClN2. The Hall–Kier alpha value is -0.570. The summed E-state index contributed by atoms with van der Waals surface area (Å²) in [7, 11) is 4.23. The van der Waals surface area contributed by atoms with E-state index in [0.29, 0.717) is 5.92 Å². The Morgan fingerprint density at radius 3 is 3.00 bits per heavy atom. The topological polar surface area (TPSA) is 15.3 Å². The molecule has 0 spiro atoms. The van der Waals surface area contributed by atoms with Crippen LogP contribution in [-0.2, 0) is 6.54 Å². The summed E-state index contributed by atoms with van der Waals surface area (Å²) in [5, 5.41) is 4.27. The predicted octanol–water partition coefficient (Wildman–Crippen LogP) is 2.09. The normalized spacial score (nSPS) is 20.4. The Balaban J connectivity index is 2.26. The molecule has 0 saturated heterocycles. The van der Waals surface area contributed by atoms with E-state index >= 15 is 0 Å². The van der Waals surface area contributed by atoms with Crippen molar-refractivity contribution >= 4 is 11.6 Å². The van der Waals surface area contributed by atoms with Crippen molar-refractivity contribution < 1.29 is 0 Å². The summed E-state index contributed by atoms with van der Waals surface area (Å²) in [5.41, 5.74) is 2.80. The molecule has 1 aromatic carbocycles. The lowest BCUT2D eigenvalue weighted by atomic mass is 9.90. The van der Waals surface area contributed by atoms with Gasteiger partial charge in [-0.2, -0.15) is 0 Å². The van der Waals surface area contributed by atoms with Gasteiger partial charge < -0.3 is 10.2 Å². The van der Waals surface area contributed by atoms with Crippen LogP contribution in [0.15, 0.2) is 18.2 Å². The highest BCUT2D eigenvalue weighted by molar-refractivity contribution is 6.30. The van der Waals surface area contributed by atoms with Crippen LogP contribution >= 0.6 is 11.6 Å². The fraction of sp³-hybridized carbons (Fsp3) is 0.500. The van der Waals surface area contributed by atoms with E-state index in [1.54, 1.807) is 0 Å². The second kappa shape index (κ2) is 4.52. The van der Waals surface area contributed by atoms with Gasteiger partial charge in [0.2, 0.25) is 0 Å². The first-order valence-corrected chi connectivity index (χ1v) is 5.68. The zero-order chi connectivity index (χ0) is 10.8. The standard InChI is InChI=1S/C12H17ClN2/c1-15(2)8-10-7-14-6-9-5-11(13)3-4-12(9)10/h3-5,10,14H,6-8H2,1-2H3. The third-order valence-corrected chi connectivity index (χ3v) is 3.07. The Labute approximate surface area is 96.2 Å². The van der Waals surface area contributed by atoms with E-state index in [2.05, 4.69) is 36.4 Å². The number of likely N-dealkylation sites (N-methyl/N-ethyl adjacent to an activating group) is 1. The molecule has 1 atom stereocenters. The van der Waals surface area contributed by atoms with Crippen LogP contribution in [0.2, 0.25) is 5.02 Å². The molecule has 82 valence electrons. The monoisotopic (exact) mass is 224 g/mol. The van der Waals surface area contributed by atoms with E-state index < -0.39 is 0 Å². The molecule has 0 amide bonds. The van der Waals surface area contributed by atoms with Gasteiger partial charge in [0.1, 0.15) is 0 Å². The highest BCUT2D eigenvalue weighted by Crippen LogP contribution is 2.26. The predicted molar refractivity (Wildman–Crippen MR) is 64.5 cm³/mol. The molecule has 3 heteroatoms. The molecule has 0 bridgehead atoms. The molecule has 1 aromatic rings. The quantitative estimate of drug-likeness (QED) is 0.828. The molecule has 2 nitrogen and oxygen atoms in total. The maximum atomic E-state index is 5.99. The van der Waals surface area contributed by atoms with Crippen LogP contribution in [0.4, 0.5) is 0 Å². The smallest absolute Gasteiger partial charge is 0.0409 e. The summed E-state index contributed by atoms with van der Waals surface area (Å²) in [4.78, 5) is 2.23. The summed E-state index contributed by atoms with van der Waals surface area (Å²) >= 11 is 5.99. The van der Waals surface area contributed by atoms with Gasteiger partial charge in [0.05, 0.1) is 0 Å². The maximum absolute atomic E-state index is 5.99. The van der Waals surface area contributed by atoms with Gasteiger partial charge in [-0.25, -0.2) is 0 Å². The first kappa shape index (κ1) is 10.9. The maximum Gasteiger partial charge on any atom is 0.0409 e. The zero-order valence-electron chi connectivity index (χ0n) is 9.26. The second-order valence-electron chi connectivity index (χ2n) is 4.43. The minimum atomic E-state index is 0.584. The lowest BCUT2D eigenvalue weighted by molar-refractivity contribution is 0.355. The van der Waals surface area contributed by atoms with Crippen LogP contribution in [0.25, 0.3) is 0 Å². The number of hydrogen-bond acceptors (Lipinski definition) is 2. The fourth-order valence-electron chi connectivity index (χ4n) is 2.22. The number of benzene rings is 1. The SMILES string of the molecule is CN(C)CC1CNCc2cc(Cl)ccc21. The number of nitrogens with zero attached hydrogens (tertiary/aromatic N) is 1. The molecule has 1 aliphatic heterocycles. The van der Waals surface area contributed by atoms with E-state index in [1.165, 1.54) is 11.1 Å². The third kappa shape index (κ3) is 2.51. The number of halogens is 1. The number of rotatable bonds is 2. The molecule has 1 N–H and O–H groups in total. The van der Waals surface area contributed by atoms with E-state index in [-0.39, 0.29) is 0 Å². The van der Waals surface area contributed by atoms with Gasteiger partial charge in [0.25, 0.3) is 0 Å². The van der Waals surface area contributed by atoms with E-state index in [0.717, 1.165) is 24.7 Å². The van der Waals surface area contributed by atoms with Gasteiger partial charge in [-0.3, -0.25) is 0 Å². The lowest BCUT2D eigenvalue weighted by Gasteiger charge is -2.28. The summed E-state index contributed by atoms with van der Waals surface area (Å²) in [6, 6.07) is 6.24. The van der Waals surface area contributed by atoms with Crippen molar-refractivity contribution in [2.24, 2.45) is 0 Å². The molecular weight excluding hydrogens is 208 g/mol.